The molecule has 0 unspecified atom stereocenters. The third kappa shape index (κ3) is 5.45. The number of halogens is 1. The van der Waals surface area contributed by atoms with Gasteiger partial charge in [0, 0.05) is 18.7 Å². The maximum Gasteiger partial charge on any atom is 0.262 e. The minimum absolute atomic E-state index is 0. The van der Waals surface area contributed by atoms with E-state index in [2.05, 4.69) is 10.0 Å². The summed E-state index contributed by atoms with van der Waals surface area (Å²) in [7, 11) is -3.78. The zero-order chi connectivity index (χ0) is 19.5. The number of hydrogen-bond acceptors (Lipinski definition) is 4. The van der Waals surface area contributed by atoms with Gasteiger partial charge < -0.3 is 11.1 Å². The molecule has 1 amide bonds. The van der Waals surface area contributed by atoms with Crippen LogP contribution in [0.15, 0.2) is 35.2 Å². The quantitative estimate of drug-likeness (QED) is 0.680. The number of amides is 1. The van der Waals surface area contributed by atoms with Gasteiger partial charge in [0.15, 0.2) is 0 Å². The Morgan fingerprint density at radius 1 is 1.00 bits per heavy atom. The smallest absolute Gasteiger partial charge is 0.262 e. The molecule has 0 atom stereocenters. The maximum absolute atomic E-state index is 12.9. The van der Waals surface area contributed by atoms with Crippen LogP contribution in [0, 0.1) is 27.7 Å². The Labute approximate surface area is 167 Å². The molecule has 2 aromatic carbocycles. The van der Waals surface area contributed by atoms with E-state index >= 15 is 0 Å². The predicted octanol–water partition coefficient (Wildman–Crippen LogP) is 2.83. The zero-order valence-corrected chi connectivity index (χ0v) is 17.6. The van der Waals surface area contributed by atoms with E-state index in [-0.39, 0.29) is 23.2 Å². The summed E-state index contributed by atoms with van der Waals surface area (Å²) >= 11 is 0. The summed E-state index contributed by atoms with van der Waals surface area (Å²) in [4.78, 5) is 12.4. The molecule has 2 aromatic rings. The van der Waals surface area contributed by atoms with Crippen LogP contribution in [0.4, 0.5) is 5.69 Å². The van der Waals surface area contributed by atoms with Crippen molar-refractivity contribution in [3.05, 3.63) is 58.1 Å². The number of aryl methyl sites for hydroxylation is 4. The van der Waals surface area contributed by atoms with Gasteiger partial charge in [-0.3, -0.25) is 9.52 Å². The first-order chi connectivity index (χ1) is 12.2. The molecule has 0 aliphatic carbocycles. The number of rotatable bonds is 6. The molecule has 8 heteroatoms. The van der Waals surface area contributed by atoms with Gasteiger partial charge in [-0.2, -0.15) is 0 Å². The van der Waals surface area contributed by atoms with Crippen LogP contribution in [0.25, 0.3) is 0 Å². The summed E-state index contributed by atoms with van der Waals surface area (Å²) in [6.45, 7) is 7.96. The fraction of sp³-hybridized carbons (Fsp3) is 0.316. The molecule has 0 spiro atoms. The number of benzene rings is 2. The number of sulfonamides is 1. The molecule has 0 aliphatic rings. The molecular weight excluding hydrogens is 386 g/mol. The Bertz CT molecular complexity index is 920. The molecule has 0 bridgehead atoms. The van der Waals surface area contributed by atoms with Crippen LogP contribution in [0.1, 0.15) is 32.6 Å². The molecule has 6 nitrogen and oxygen atoms in total. The zero-order valence-electron chi connectivity index (χ0n) is 15.9. The van der Waals surface area contributed by atoms with Crippen LogP contribution in [0.2, 0.25) is 0 Å². The van der Waals surface area contributed by atoms with Gasteiger partial charge in [-0.05, 0) is 56.5 Å². The van der Waals surface area contributed by atoms with E-state index in [0.29, 0.717) is 35.5 Å². The SMILES string of the molecule is Cc1cc(C)c(S(=O)(=O)Nc2cc(C(=O)NCCN)ccc2C)c(C)c1.Cl. The topological polar surface area (TPSA) is 101 Å². The monoisotopic (exact) mass is 411 g/mol. The lowest BCUT2D eigenvalue weighted by Gasteiger charge is -2.16. The maximum atomic E-state index is 12.9. The van der Waals surface area contributed by atoms with Gasteiger partial charge in [-0.15, -0.1) is 12.4 Å². The van der Waals surface area contributed by atoms with Gasteiger partial charge >= 0.3 is 0 Å². The van der Waals surface area contributed by atoms with Crippen molar-refractivity contribution < 1.29 is 13.2 Å². The van der Waals surface area contributed by atoms with E-state index in [1.807, 2.05) is 19.1 Å². The van der Waals surface area contributed by atoms with Crippen molar-refractivity contribution in [3.8, 4) is 0 Å². The van der Waals surface area contributed by atoms with Gasteiger partial charge in [-0.1, -0.05) is 23.8 Å². The lowest BCUT2D eigenvalue weighted by atomic mass is 10.1. The summed E-state index contributed by atoms with van der Waals surface area (Å²) in [6, 6.07) is 8.58. The largest absolute Gasteiger partial charge is 0.351 e. The Morgan fingerprint density at radius 2 is 1.59 bits per heavy atom. The number of anilines is 1. The first kappa shape index (κ1) is 23.0. The molecule has 27 heavy (non-hydrogen) atoms. The second kappa shape index (κ2) is 9.21. The van der Waals surface area contributed by atoms with E-state index in [0.717, 1.165) is 11.1 Å². The van der Waals surface area contributed by atoms with Crippen molar-refractivity contribution >= 4 is 34.0 Å². The van der Waals surface area contributed by atoms with Crippen LogP contribution in [-0.4, -0.2) is 27.4 Å². The number of hydrogen-bond donors (Lipinski definition) is 3. The van der Waals surface area contributed by atoms with Gasteiger partial charge in [-0.25, -0.2) is 8.42 Å². The van der Waals surface area contributed by atoms with E-state index in [1.165, 1.54) is 6.07 Å². The van der Waals surface area contributed by atoms with Gasteiger partial charge in [0.2, 0.25) is 0 Å². The molecule has 4 N–H and O–H groups in total. The third-order valence-corrected chi connectivity index (χ3v) is 5.72. The van der Waals surface area contributed by atoms with Gasteiger partial charge in [0.25, 0.3) is 15.9 Å². The van der Waals surface area contributed by atoms with Crippen molar-refractivity contribution in [2.45, 2.75) is 32.6 Å². The van der Waals surface area contributed by atoms with Crippen LogP contribution < -0.4 is 15.8 Å². The van der Waals surface area contributed by atoms with Crippen LogP contribution in [-0.2, 0) is 10.0 Å². The van der Waals surface area contributed by atoms with Crippen molar-refractivity contribution in [1.29, 1.82) is 0 Å². The molecule has 0 heterocycles. The second-order valence-corrected chi connectivity index (χ2v) is 8.03. The molecule has 0 radical (unpaired) electrons. The Morgan fingerprint density at radius 3 is 2.15 bits per heavy atom. The summed E-state index contributed by atoms with van der Waals surface area (Å²) in [5.74, 6) is -0.293. The van der Waals surface area contributed by atoms with Gasteiger partial charge in [0.1, 0.15) is 0 Å². The molecule has 0 aromatic heterocycles. The average Bonchev–Trinajstić information content (AvgIpc) is 2.53. The van der Waals surface area contributed by atoms with Crippen LogP contribution >= 0.6 is 12.4 Å². The number of nitrogens with two attached hydrogens (primary N) is 1. The predicted molar refractivity (Wildman–Crippen MR) is 111 cm³/mol. The van der Waals surface area contributed by atoms with E-state index in [1.54, 1.807) is 32.9 Å². The molecule has 0 saturated carbocycles. The summed E-state index contributed by atoms with van der Waals surface area (Å²) < 4.78 is 28.5. The van der Waals surface area contributed by atoms with Gasteiger partial charge in [0.05, 0.1) is 10.6 Å². The lowest BCUT2D eigenvalue weighted by Crippen LogP contribution is -2.29. The van der Waals surface area contributed by atoms with Crippen molar-refractivity contribution in [1.82, 2.24) is 5.32 Å². The first-order valence-corrected chi connectivity index (χ1v) is 9.83. The second-order valence-electron chi connectivity index (χ2n) is 6.41. The van der Waals surface area contributed by atoms with E-state index in [9.17, 15) is 13.2 Å². The van der Waals surface area contributed by atoms with Crippen molar-refractivity contribution in [2.24, 2.45) is 5.73 Å². The van der Waals surface area contributed by atoms with Crippen molar-refractivity contribution in [2.75, 3.05) is 17.8 Å². The molecule has 0 fully saturated rings. The molecule has 0 saturated heterocycles. The molecular formula is C19H26ClN3O3S. The van der Waals surface area contributed by atoms with Crippen LogP contribution in [0.3, 0.4) is 0 Å². The van der Waals surface area contributed by atoms with E-state index < -0.39 is 10.0 Å². The summed E-state index contributed by atoms with van der Waals surface area (Å²) in [5.41, 5.74) is 9.25. The minimum Gasteiger partial charge on any atom is -0.351 e. The lowest BCUT2D eigenvalue weighted by molar-refractivity contribution is 0.0955. The molecule has 148 valence electrons. The summed E-state index contributed by atoms with van der Waals surface area (Å²) in [5, 5.41) is 2.67. The number of nitrogens with one attached hydrogen (secondary N) is 2. The fourth-order valence-corrected chi connectivity index (χ4v) is 4.52. The first-order valence-electron chi connectivity index (χ1n) is 8.35. The Balaban J connectivity index is 0.00000364. The Hall–Kier alpha value is -2.09. The highest BCUT2D eigenvalue weighted by atomic mass is 35.5. The fourth-order valence-electron chi connectivity index (χ4n) is 2.95. The summed E-state index contributed by atoms with van der Waals surface area (Å²) in [6.07, 6.45) is 0. The molecule has 0 aliphatic heterocycles. The normalized spacial score (nSPS) is 10.9. The number of carbonyl (C=O) groups is 1. The van der Waals surface area contributed by atoms with Crippen molar-refractivity contribution in [3.63, 3.8) is 0 Å². The Kier molecular flexibility index (Phi) is 7.83. The highest BCUT2D eigenvalue weighted by Crippen LogP contribution is 2.26. The standard InChI is InChI=1S/C19H25N3O3S.ClH/c1-12-9-14(3)18(15(4)10-12)26(24,25)22-17-11-16(6-5-13(17)2)19(23)21-8-7-20;/h5-6,9-11,22H,7-8,20H2,1-4H3,(H,21,23);1H. The molecule has 2 rings (SSSR count). The third-order valence-electron chi connectivity index (χ3n) is 4.05. The highest BCUT2D eigenvalue weighted by Gasteiger charge is 2.21. The average molecular weight is 412 g/mol. The van der Waals surface area contributed by atoms with E-state index in [4.69, 9.17) is 5.73 Å². The minimum atomic E-state index is -3.78. The highest BCUT2D eigenvalue weighted by molar-refractivity contribution is 7.92. The van der Waals surface area contributed by atoms with Crippen LogP contribution in [0.5, 0.6) is 0 Å². The number of carbonyl (C=O) groups excluding carboxylic acids is 1.